The first kappa shape index (κ1) is 17.0. The fraction of sp³-hybridized carbons (Fsp3) is 0.833. The average Bonchev–Trinajstić information content (AvgIpc) is 2.97. The maximum atomic E-state index is 10.9. The maximum absolute atomic E-state index is 10.9. The smallest absolute Gasteiger partial charge is 0.0954 e. The van der Waals surface area contributed by atoms with Crippen LogP contribution in [-0.2, 0) is 11.8 Å². The van der Waals surface area contributed by atoms with Gasteiger partial charge in [0.1, 0.15) is 0 Å². The Kier molecular flexibility index (Phi) is 5.15. The summed E-state index contributed by atoms with van der Waals surface area (Å²) in [6.07, 6.45) is 6.55. The number of hydrogen-bond acceptors (Lipinski definition) is 3. The molecule has 3 heteroatoms. The molecule has 1 heterocycles. The highest BCUT2D eigenvalue weighted by molar-refractivity contribution is 7.09. The van der Waals surface area contributed by atoms with Gasteiger partial charge in [-0.05, 0) is 30.6 Å². The Morgan fingerprint density at radius 1 is 1.29 bits per heavy atom. The molecule has 0 aromatic carbocycles. The van der Waals surface area contributed by atoms with Crippen LogP contribution in [0.15, 0.2) is 5.38 Å². The lowest BCUT2D eigenvalue weighted by atomic mass is 9.73. The van der Waals surface area contributed by atoms with E-state index in [0.29, 0.717) is 5.92 Å². The zero-order valence-electron chi connectivity index (χ0n) is 14.3. The van der Waals surface area contributed by atoms with Crippen molar-refractivity contribution in [2.75, 3.05) is 0 Å². The third-order valence-electron chi connectivity index (χ3n) is 4.81. The number of thiazole rings is 1. The minimum atomic E-state index is -0.235. The summed E-state index contributed by atoms with van der Waals surface area (Å²) >= 11 is 1.71. The van der Waals surface area contributed by atoms with Gasteiger partial charge in [0.15, 0.2) is 0 Å². The van der Waals surface area contributed by atoms with Gasteiger partial charge in [0.25, 0.3) is 0 Å². The first-order valence-corrected chi connectivity index (χ1v) is 9.24. The molecule has 21 heavy (non-hydrogen) atoms. The van der Waals surface area contributed by atoms with Gasteiger partial charge in [-0.1, -0.05) is 47.5 Å². The topological polar surface area (TPSA) is 33.1 Å². The molecule has 0 saturated heterocycles. The Morgan fingerprint density at radius 3 is 2.38 bits per heavy atom. The van der Waals surface area contributed by atoms with Crippen LogP contribution in [-0.4, -0.2) is 16.2 Å². The molecular weight excluding hydrogens is 278 g/mol. The number of rotatable bonds is 5. The van der Waals surface area contributed by atoms with E-state index >= 15 is 0 Å². The number of aliphatic hydroxyl groups excluding tert-OH is 1. The van der Waals surface area contributed by atoms with E-state index < -0.39 is 0 Å². The van der Waals surface area contributed by atoms with Gasteiger partial charge in [0, 0.05) is 17.2 Å². The Morgan fingerprint density at radius 2 is 1.90 bits per heavy atom. The summed E-state index contributed by atoms with van der Waals surface area (Å²) in [7, 11) is 0. The van der Waals surface area contributed by atoms with Gasteiger partial charge in [-0.25, -0.2) is 4.98 Å². The van der Waals surface area contributed by atoms with Gasteiger partial charge in [-0.15, -0.1) is 11.3 Å². The number of aliphatic hydroxyl groups is 1. The Hall–Kier alpha value is -0.410. The lowest BCUT2D eigenvalue weighted by Crippen LogP contribution is -2.35. The van der Waals surface area contributed by atoms with Crippen molar-refractivity contribution in [3.05, 3.63) is 16.1 Å². The molecule has 0 aliphatic heterocycles. The van der Waals surface area contributed by atoms with Crippen LogP contribution in [0.3, 0.4) is 0 Å². The second-order valence-corrected chi connectivity index (χ2v) is 9.21. The minimum absolute atomic E-state index is 0.0999. The first-order valence-electron chi connectivity index (χ1n) is 8.36. The van der Waals surface area contributed by atoms with Crippen molar-refractivity contribution in [2.24, 2.45) is 11.3 Å². The van der Waals surface area contributed by atoms with Gasteiger partial charge < -0.3 is 5.11 Å². The Labute approximate surface area is 134 Å². The van der Waals surface area contributed by atoms with Crippen LogP contribution >= 0.6 is 11.3 Å². The van der Waals surface area contributed by atoms with E-state index in [4.69, 9.17) is 4.98 Å². The summed E-state index contributed by atoms with van der Waals surface area (Å²) in [5.74, 6) is 0.652. The highest BCUT2D eigenvalue weighted by Gasteiger charge is 2.41. The van der Waals surface area contributed by atoms with Crippen molar-refractivity contribution in [2.45, 2.75) is 84.7 Å². The Bertz CT molecular complexity index is 452. The van der Waals surface area contributed by atoms with E-state index in [2.05, 4.69) is 40.0 Å². The van der Waals surface area contributed by atoms with Crippen molar-refractivity contribution in [3.63, 3.8) is 0 Å². The van der Waals surface area contributed by atoms with Crippen molar-refractivity contribution in [1.29, 1.82) is 0 Å². The standard InChI is InChI=1S/C18H31NOS/c1-13(2)11-18(8-6-7-9-18)15(20)10-16-19-14(12-21-16)17(3,4)5/h12-13,15,20H,6-11H2,1-5H3. The van der Waals surface area contributed by atoms with Crippen LogP contribution in [0.5, 0.6) is 0 Å². The number of hydrogen-bond donors (Lipinski definition) is 1. The predicted molar refractivity (Wildman–Crippen MR) is 90.9 cm³/mol. The second kappa shape index (κ2) is 6.37. The van der Waals surface area contributed by atoms with E-state index in [9.17, 15) is 5.11 Å². The van der Waals surface area contributed by atoms with Gasteiger partial charge in [0.2, 0.25) is 0 Å². The third kappa shape index (κ3) is 4.07. The van der Waals surface area contributed by atoms with E-state index in [1.165, 1.54) is 25.7 Å². The molecule has 1 aliphatic carbocycles. The summed E-state index contributed by atoms with van der Waals surface area (Å²) < 4.78 is 0. The molecule has 1 N–H and O–H groups in total. The molecule has 1 fully saturated rings. The SMILES string of the molecule is CC(C)CC1(C(O)Cc2nc(C(C)(C)C)cs2)CCCC1. The van der Waals surface area contributed by atoms with Crippen molar-refractivity contribution in [3.8, 4) is 0 Å². The quantitative estimate of drug-likeness (QED) is 0.834. The number of nitrogens with zero attached hydrogens (tertiary/aromatic N) is 1. The van der Waals surface area contributed by atoms with E-state index in [-0.39, 0.29) is 16.9 Å². The van der Waals surface area contributed by atoms with Crippen LogP contribution < -0.4 is 0 Å². The second-order valence-electron chi connectivity index (χ2n) is 8.26. The highest BCUT2D eigenvalue weighted by atomic mass is 32.1. The molecule has 1 atom stereocenters. The molecule has 120 valence electrons. The van der Waals surface area contributed by atoms with Crippen LogP contribution in [0, 0.1) is 11.3 Å². The van der Waals surface area contributed by atoms with E-state index in [1.807, 2.05) is 0 Å². The summed E-state index contributed by atoms with van der Waals surface area (Å²) in [5.41, 5.74) is 1.39. The minimum Gasteiger partial charge on any atom is -0.392 e. The van der Waals surface area contributed by atoms with Crippen LogP contribution in [0.25, 0.3) is 0 Å². The summed E-state index contributed by atoms with van der Waals surface area (Å²) in [6, 6.07) is 0. The normalized spacial score (nSPS) is 20.1. The molecule has 1 unspecified atom stereocenters. The predicted octanol–water partition coefficient (Wildman–Crippen LogP) is 4.95. The zero-order chi connectivity index (χ0) is 15.7. The summed E-state index contributed by atoms with van der Waals surface area (Å²) in [4.78, 5) is 4.76. The van der Waals surface area contributed by atoms with Crippen LogP contribution in [0.4, 0.5) is 0 Å². The molecule has 0 amide bonds. The lowest BCUT2D eigenvalue weighted by molar-refractivity contribution is 0.0133. The van der Waals surface area contributed by atoms with Crippen molar-refractivity contribution < 1.29 is 5.11 Å². The van der Waals surface area contributed by atoms with E-state index in [0.717, 1.165) is 23.5 Å². The van der Waals surface area contributed by atoms with E-state index in [1.54, 1.807) is 11.3 Å². The molecule has 1 saturated carbocycles. The average molecular weight is 310 g/mol. The summed E-state index contributed by atoms with van der Waals surface area (Å²) in [6.45, 7) is 11.1. The summed E-state index contributed by atoms with van der Waals surface area (Å²) in [5, 5.41) is 14.1. The van der Waals surface area contributed by atoms with Crippen LogP contribution in [0.2, 0.25) is 0 Å². The zero-order valence-corrected chi connectivity index (χ0v) is 15.1. The monoisotopic (exact) mass is 309 g/mol. The van der Waals surface area contributed by atoms with Crippen LogP contribution in [0.1, 0.15) is 77.4 Å². The largest absolute Gasteiger partial charge is 0.392 e. The molecule has 0 radical (unpaired) electrons. The lowest BCUT2D eigenvalue weighted by Gasteiger charge is -2.35. The molecule has 0 spiro atoms. The highest BCUT2D eigenvalue weighted by Crippen LogP contribution is 2.46. The van der Waals surface area contributed by atoms with Crippen molar-refractivity contribution >= 4 is 11.3 Å². The van der Waals surface area contributed by atoms with Gasteiger partial charge in [0.05, 0.1) is 16.8 Å². The maximum Gasteiger partial charge on any atom is 0.0954 e. The molecular formula is C18H31NOS. The fourth-order valence-electron chi connectivity index (χ4n) is 3.70. The van der Waals surface area contributed by atoms with Gasteiger partial charge in [-0.2, -0.15) is 0 Å². The van der Waals surface area contributed by atoms with Crippen molar-refractivity contribution in [1.82, 2.24) is 4.98 Å². The molecule has 2 rings (SSSR count). The molecule has 0 bridgehead atoms. The number of aromatic nitrogens is 1. The Balaban J connectivity index is 2.08. The molecule has 1 aromatic heterocycles. The molecule has 1 aliphatic rings. The van der Waals surface area contributed by atoms with Gasteiger partial charge in [-0.3, -0.25) is 0 Å². The fourth-order valence-corrected chi connectivity index (χ4v) is 4.76. The van der Waals surface area contributed by atoms with Gasteiger partial charge >= 0.3 is 0 Å². The molecule has 2 nitrogen and oxygen atoms in total. The molecule has 1 aromatic rings. The third-order valence-corrected chi connectivity index (χ3v) is 5.68. The first-order chi connectivity index (χ1) is 9.73.